The molecule has 0 amide bonds. The van der Waals surface area contributed by atoms with Gasteiger partial charge in [-0.3, -0.25) is 4.79 Å². The van der Waals surface area contributed by atoms with E-state index in [2.05, 4.69) is 31.9 Å². The predicted molar refractivity (Wildman–Crippen MR) is 85.3 cm³/mol. The molecule has 5 heteroatoms. The second-order valence-electron chi connectivity index (χ2n) is 4.26. The van der Waals surface area contributed by atoms with Crippen molar-refractivity contribution in [3.05, 3.63) is 56.0 Å². The molecule has 0 radical (unpaired) electrons. The zero-order valence-electron chi connectivity index (χ0n) is 10.2. The molecule has 0 fully saturated rings. The van der Waals surface area contributed by atoms with Gasteiger partial charge in [-0.2, -0.15) is 0 Å². The van der Waals surface area contributed by atoms with E-state index in [1.165, 1.54) is 0 Å². The highest BCUT2D eigenvalue weighted by atomic mass is 79.9. The summed E-state index contributed by atoms with van der Waals surface area (Å²) in [5.41, 5.74) is 14.5. The first-order chi connectivity index (χ1) is 8.90. The van der Waals surface area contributed by atoms with Crippen molar-refractivity contribution in [1.29, 1.82) is 0 Å². The maximum absolute atomic E-state index is 12.5. The third-order valence-corrected chi connectivity index (χ3v) is 4.32. The monoisotopic (exact) mass is 382 g/mol. The van der Waals surface area contributed by atoms with Crippen molar-refractivity contribution in [2.75, 3.05) is 11.5 Å². The second kappa shape index (κ2) is 5.35. The molecule has 0 unspecified atom stereocenters. The molecule has 0 aliphatic carbocycles. The molecule has 19 heavy (non-hydrogen) atoms. The van der Waals surface area contributed by atoms with Gasteiger partial charge in [0.25, 0.3) is 0 Å². The van der Waals surface area contributed by atoms with Crippen LogP contribution in [0.3, 0.4) is 0 Å². The Bertz CT molecular complexity index is 669. The molecule has 0 aromatic heterocycles. The van der Waals surface area contributed by atoms with Crippen LogP contribution in [-0.4, -0.2) is 5.78 Å². The van der Waals surface area contributed by atoms with Crippen molar-refractivity contribution < 1.29 is 4.79 Å². The van der Waals surface area contributed by atoms with Gasteiger partial charge in [0.2, 0.25) is 0 Å². The molecule has 0 atom stereocenters. The van der Waals surface area contributed by atoms with Crippen LogP contribution in [-0.2, 0) is 0 Å². The maximum atomic E-state index is 12.5. The maximum Gasteiger partial charge on any atom is 0.196 e. The van der Waals surface area contributed by atoms with E-state index in [-0.39, 0.29) is 5.78 Å². The summed E-state index contributed by atoms with van der Waals surface area (Å²) in [5, 5.41) is 0. The fourth-order valence-electron chi connectivity index (χ4n) is 1.75. The molecule has 3 nitrogen and oxygen atoms in total. The summed E-state index contributed by atoms with van der Waals surface area (Å²) >= 11 is 6.84. The Morgan fingerprint density at radius 3 is 2.32 bits per heavy atom. The Hall–Kier alpha value is -1.33. The van der Waals surface area contributed by atoms with Gasteiger partial charge in [0.05, 0.1) is 0 Å². The number of rotatable bonds is 2. The molecule has 2 rings (SSSR count). The summed E-state index contributed by atoms with van der Waals surface area (Å²) in [6.07, 6.45) is 0. The molecule has 0 bridgehead atoms. The van der Waals surface area contributed by atoms with Gasteiger partial charge in [0.1, 0.15) is 0 Å². The molecular formula is C14H12Br2N2O. The summed E-state index contributed by atoms with van der Waals surface area (Å²) in [7, 11) is 0. The fourth-order valence-corrected chi connectivity index (χ4v) is 2.73. The van der Waals surface area contributed by atoms with Crippen molar-refractivity contribution in [2.45, 2.75) is 6.92 Å². The zero-order chi connectivity index (χ0) is 14.2. The lowest BCUT2D eigenvalue weighted by molar-refractivity contribution is 0.103. The van der Waals surface area contributed by atoms with E-state index in [9.17, 15) is 4.79 Å². The second-order valence-corrected chi connectivity index (χ2v) is 5.97. The van der Waals surface area contributed by atoms with Gasteiger partial charge in [0.15, 0.2) is 5.78 Å². The Balaban J connectivity index is 2.53. The average Bonchev–Trinajstić information content (AvgIpc) is 2.33. The Kier molecular flexibility index (Phi) is 3.96. The lowest BCUT2D eigenvalue weighted by atomic mass is 10.0. The largest absolute Gasteiger partial charge is 0.399 e. The number of hydrogen-bond donors (Lipinski definition) is 2. The number of ketones is 1. The van der Waals surface area contributed by atoms with Crippen molar-refractivity contribution >= 4 is 49.0 Å². The van der Waals surface area contributed by atoms with E-state index in [0.29, 0.717) is 22.5 Å². The SMILES string of the molecule is Cc1cc(Br)c(C(=O)c2ccc(N)cc2N)cc1Br. The smallest absolute Gasteiger partial charge is 0.196 e. The lowest BCUT2D eigenvalue weighted by Crippen LogP contribution is -2.07. The molecule has 4 N–H and O–H groups in total. The van der Waals surface area contributed by atoms with E-state index < -0.39 is 0 Å². The Morgan fingerprint density at radius 1 is 1.00 bits per heavy atom. The molecule has 0 spiro atoms. The van der Waals surface area contributed by atoms with Gasteiger partial charge < -0.3 is 11.5 Å². The normalized spacial score (nSPS) is 10.5. The number of hydrogen-bond acceptors (Lipinski definition) is 3. The lowest BCUT2D eigenvalue weighted by Gasteiger charge is -2.09. The highest BCUT2D eigenvalue weighted by Crippen LogP contribution is 2.29. The summed E-state index contributed by atoms with van der Waals surface area (Å²) in [6, 6.07) is 8.58. The molecule has 0 aliphatic heterocycles. The number of carbonyl (C=O) groups is 1. The van der Waals surface area contributed by atoms with E-state index >= 15 is 0 Å². The van der Waals surface area contributed by atoms with Gasteiger partial charge in [0, 0.05) is 31.4 Å². The zero-order valence-corrected chi connectivity index (χ0v) is 13.4. The number of benzene rings is 2. The van der Waals surface area contributed by atoms with Gasteiger partial charge in [-0.1, -0.05) is 31.9 Å². The van der Waals surface area contributed by atoms with Crippen LogP contribution in [0, 0.1) is 6.92 Å². The van der Waals surface area contributed by atoms with Crippen molar-refractivity contribution in [3.8, 4) is 0 Å². The summed E-state index contributed by atoms with van der Waals surface area (Å²) < 4.78 is 1.63. The van der Waals surface area contributed by atoms with E-state index in [0.717, 1.165) is 14.5 Å². The van der Waals surface area contributed by atoms with Crippen LogP contribution < -0.4 is 11.5 Å². The van der Waals surface area contributed by atoms with Crippen LogP contribution >= 0.6 is 31.9 Å². The number of nitrogens with two attached hydrogens (primary N) is 2. The fraction of sp³-hybridized carbons (Fsp3) is 0.0714. The van der Waals surface area contributed by atoms with Gasteiger partial charge in [-0.15, -0.1) is 0 Å². The molecule has 0 heterocycles. The number of carbonyl (C=O) groups excluding carboxylic acids is 1. The summed E-state index contributed by atoms with van der Waals surface area (Å²) in [5.74, 6) is -0.134. The van der Waals surface area contributed by atoms with E-state index in [1.54, 1.807) is 24.3 Å². The third kappa shape index (κ3) is 2.82. The van der Waals surface area contributed by atoms with Gasteiger partial charge >= 0.3 is 0 Å². The van der Waals surface area contributed by atoms with Crippen LogP contribution in [0.2, 0.25) is 0 Å². The number of anilines is 2. The van der Waals surface area contributed by atoms with Crippen LogP contribution in [0.1, 0.15) is 21.5 Å². The predicted octanol–water partition coefficient (Wildman–Crippen LogP) is 3.92. The van der Waals surface area contributed by atoms with Crippen LogP contribution in [0.15, 0.2) is 39.3 Å². The molecule has 0 saturated heterocycles. The van der Waals surface area contributed by atoms with Crippen LogP contribution in [0.25, 0.3) is 0 Å². The highest BCUT2D eigenvalue weighted by Gasteiger charge is 2.16. The standard InChI is InChI=1S/C14H12Br2N2O/c1-7-4-12(16)10(6-11(7)15)14(19)9-3-2-8(17)5-13(9)18/h2-6H,17-18H2,1H3. The van der Waals surface area contributed by atoms with Crippen molar-refractivity contribution in [2.24, 2.45) is 0 Å². The van der Waals surface area contributed by atoms with Crippen molar-refractivity contribution in [1.82, 2.24) is 0 Å². The minimum absolute atomic E-state index is 0.134. The first kappa shape index (κ1) is 14.1. The minimum atomic E-state index is -0.134. The van der Waals surface area contributed by atoms with Gasteiger partial charge in [-0.05, 0) is 42.8 Å². The van der Waals surface area contributed by atoms with E-state index in [4.69, 9.17) is 11.5 Å². The molecule has 2 aromatic rings. The average molecular weight is 384 g/mol. The molecule has 2 aromatic carbocycles. The quantitative estimate of drug-likeness (QED) is 0.610. The Labute approximate surface area is 128 Å². The van der Waals surface area contributed by atoms with Gasteiger partial charge in [-0.25, -0.2) is 0 Å². The number of nitrogen functional groups attached to an aromatic ring is 2. The third-order valence-electron chi connectivity index (χ3n) is 2.81. The molecular weight excluding hydrogens is 372 g/mol. The number of halogens is 2. The minimum Gasteiger partial charge on any atom is -0.399 e. The number of aryl methyl sites for hydroxylation is 1. The first-order valence-corrected chi connectivity index (χ1v) is 7.14. The topological polar surface area (TPSA) is 69.1 Å². The molecule has 98 valence electrons. The molecule has 0 aliphatic rings. The summed E-state index contributed by atoms with van der Waals surface area (Å²) in [6.45, 7) is 1.96. The highest BCUT2D eigenvalue weighted by molar-refractivity contribution is 9.11. The summed E-state index contributed by atoms with van der Waals surface area (Å²) in [4.78, 5) is 12.5. The first-order valence-electron chi connectivity index (χ1n) is 5.55. The van der Waals surface area contributed by atoms with Crippen LogP contribution in [0.4, 0.5) is 11.4 Å². The van der Waals surface area contributed by atoms with Crippen molar-refractivity contribution in [3.63, 3.8) is 0 Å². The Morgan fingerprint density at radius 2 is 1.68 bits per heavy atom. The molecule has 0 saturated carbocycles. The van der Waals surface area contributed by atoms with Crippen LogP contribution in [0.5, 0.6) is 0 Å². The van der Waals surface area contributed by atoms with E-state index in [1.807, 2.05) is 13.0 Å².